The highest BCUT2D eigenvalue weighted by Crippen LogP contribution is 2.49. The average Bonchev–Trinajstić information content (AvgIpc) is 3.32. The molecule has 1 fully saturated rings. The standard InChI is InChI=1S/C23H23ClF2O5S2/c24-17-3-6-19(7-4-17)33(29,30)23(20-14-18(25)5-8-21(20)26)11-9-16(10-12-23)15-32(27,28)22-2-1-13-31-22/h1,3-8,13-14,16,22H,2,9-12,15H2. The molecule has 1 unspecified atom stereocenters. The molecule has 0 amide bonds. The SMILES string of the molecule is O=S(=O)(CC1CCC(c2cc(F)ccc2F)(S(=O)(=O)c2ccc(Cl)cc2)CC1)C1CC=CO1. The van der Waals surface area contributed by atoms with Crippen molar-refractivity contribution in [1.29, 1.82) is 0 Å². The molecule has 33 heavy (non-hydrogen) atoms. The summed E-state index contributed by atoms with van der Waals surface area (Å²) >= 11 is 5.90. The van der Waals surface area contributed by atoms with E-state index in [4.69, 9.17) is 16.3 Å². The summed E-state index contributed by atoms with van der Waals surface area (Å²) < 4.78 is 85.4. The first-order valence-corrected chi connectivity index (χ1v) is 14.1. The number of hydrogen-bond donors (Lipinski definition) is 0. The number of benzene rings is 2. The molecule has 2 aliphatic rings. The maximum Gasteiger partial charge on any atom is 0.201 e. The van der Waals surface area contributed by atoms with Gasteiger partial charge in [-0.3, -0.25) is 0 Å². The lowest BCUT2D eigenvalue weighted by molar-refractivity contribution is 0.234. The van der Waals surface area contributed by atoms with E-state index in [0.717, 1.165) is 18.2 Å². The Balaban J connectivity index is 1.69. The minimum absolute atomic E-state index is 0.0394. The second kappa shape index (κ2) is 9.00. The topological polar surface area (TPSA) is 77.5 Å². The second-order valence-corrected chi connectivity index (χ2v) is 13.4. The Morgan fingerprint density at radius 1 is 1.00 bits per heavy atom. The second-order valence-electron chi connectivity index (χ2n) is 8.52. The summed E-state index contributed by atoms with van der Waals surface area (Å²) in [4.78, 5) is -0.0490. The van der Waals surface area contributed by atoms with E-state index in [-0.39, 0.29) is 54.2 Å². The Morgan fingerprint density at radius 3 is 2.27 bits per heavy atom. The predicted octanol–water partition coefficient (Wildman–Crippen LogP) is 5.15. The number of hydrogen-bond acceptors (Lipinski definition) is 5. The molecule has 1 atom stereocenters. The van der Waals surface area contributed by atoms with Crippen LogP contribution in [0.3, 0.4) is 0 Å². The fraction of sp³-hybridized carbons (Fsp3) is 0.391. The molecule has 0 aromatic heterocycles. The Kier molecular flexibility index (Phi) is 6.59. The van der Waals surface area contributed by atoms with E-state index < -0.39 is 41.5 Å². The number of ether oxygens (including phenoxy) is 1. The highest BCUT2D eigenvalue weighted by molar-refractivity contribution is 7.92. The lowest BCUT2D eigenvalue weighted by atomic mass is 9.78. The van der Waals surface area contributed by atoms with Gasteiger partial charge in [-0.1, -0.05) is 11.6 Å². The van der Waals surface area contributed by atoms with Crippen molar-refractivity contribution in [2.45, 2.75) is 47.2 Å². The summed E-state index contributed by atoms with van der Waals surface area (Å²) in [6.45, 7) is 0. The van der Waals surface area contributed by atoms with Crippen LogP contribution in [0.2, 0.25) is 5.02 Å². The minimum Gasteiger partial charge on any atom is -0.482 e. The first-order chi connectivity index (χ1) is 15.5. The smallest absolute Gasteiger partial charge is 0.201 e. The quantitative estimate of drug-likeness (QED) is 0.530. The molecule has 178 valence electrons. The Labute approximate surface area is 197 Å². The fourth-order valence-electron chi connectivity index (χ4n) is 4.71. The van der Waals surface area contributed by atoms with Gasteiger partial charge in [-0.25, -0.2) is 25.6 Å². The highest BCUT2D eigenvalue weighted by atomic mass is 35.5. The molecular weight excluding hydrogens is 494 g/mol. The molecule has 0 saturated heterocycles. The first kappa shape index (κ1) is 24.2. The Hall–Kier alpha value is -1.97. The molecule has 0 bridgehead atoms. The molecule has 1 aliphatic carbocycles. The first-order valence-electron chi connectivity index (χ1n) is 10.5. The van der Waals surface area contributed by atoms with E-state index in [1.165, 1.54) is 30.5 Å². The van der Waals surface area contributed by atoms with Crippen molar-refractivity contribution in [3.05, 3.63) is 77.0 Å². The van der Waals surface area contributed by atoms with Gasteiger partial charge in [0.2, 0.25) is 5.44 Å². The van der Waals surface area contributed by atoms with Crippen LogP contribution < -0.4 is 0 Å². The zero-order valence-electron chi connectivity index (χ0n) is 17.6. The van der Waals surface area contributed by atoms with Crippen LogP contribution in [0, 0.1) is 17.6 Å². The van der Waals surface area contributed by atoms with Crippen LogP contribution >= 0.6 is 11.6 Å². The molecule has 1 saturated carbocycles. The van der Waals surface area contributed by atoms with Gasteiger partial charge in [0.15, 0.2) is 19.7 Å². The van der Waals surface area contributed by atoms with Gasteiger partial charge in [0.1, 0.15) is 16.4 Å². The third-order valence-electron chi connectivity index (χ3n) is 6.49. The predicted molar refractivity (Wildman–Crippen MR) is 121 cm³/mol. The summed E-state index contributed by atoms with van der Waals surface area (Å²) in [5.41, 5.74) is -1.16. The molecule has 0 radical (unpaired) electrons. The van der Waals surface area contributed by atoms with Crippen molar-refractivity contribution in [2.75, 3.05) is 5.75 Å². The molecule has 0 N–H and O–H groups in total. The molecule has 0 spiro atoms. The molecule has 1 heterocycles. The van der Waals surface area contributed by atoms with Crippen molar-refractivity contribution < 1.29 is 30.4 Å². The minimum atomic E-state index is -4.16. The summed E-state index contributed by atoms with van der Waals surface area (Å²) in [7, 11) is -7.72. The monoisotopic (exact) mass is 516 g/mol. The largest absolute Gasteiger partial charge is 0.482 e. The summed E-state index contributed by atoms with van der Waals surface area (Å²) in [5.74, 6) is -2.02. The third-order valence-corrected chi connectivity index (χ3v) is 11.3. The fourth-order valence-corrected chi connectivity index (χ4v) is 8.85. The molecule has 5 nitrogen and oxygen atoms in total. The maximum absolute atomic E-state index is 14.9. The van der Waals surface area contributed by atoms with Crippen molar-refractivity contribution in [1.82, 2.24) is 0 Å². The van der Waals surface area contributed by atoms with Crippen LogP contribution in [0.5, 0.6) is 0 Å². The van der Waals surface area contributed by atoms with Crippen LogP contribution in [0.4, 0.5) is 8.78 Å². The van der Waals surface area contributed by atoms with E-state index in [2.05, 4.69) is 0 Å². The Bertz CT molecular complexity index is 1260. The molecular formula is C23H23ClF2O5S2. The van der Waals surface area contributed by atoms with E-state index in [9.17, 15) is 25.6 Å². The van der Waals surface area contributed by atoms with Crippen LogP contribution in [0.1, 0.15) is 37.7 Å². The van der Waals surface area contributed by atoms with Crippen molar-refractivity contribution >= 4 is 31.3 Å². The summed E-state index contributed by atoms with van der Waals surface area (Å²) in [5, 5.41) is 0.345. The van der Waals surface area contributed by atoms with Crippen molar-refractivity contribution in [2.24, 2.45) is 5.92 Å². The molecule has 4 rings (SSSR count). The van der Waals surface area contributed by atoms with Gasteiger partial charge in [0.25, 0.3) is 0 Å². The van der Waals surface area contributed by atoms with Gasteiger partial charge >= 0.3 is 0 Å². The number of sulfone groups is 2. The van der Waals surface area contributed by atoms with Gasteiger partial charge in [-0.05, 0) is 80.1 Å². The normalized spacial score (nSPS) is 25.7. The van der Waals surface area contributed by atoms with Crippen molar-refractivity contribution in [3.63, 3.8) is 0 Å². The van der Waals surface area contributed by atoms with E-state index in [0.29, 0.717) is 5.02 Å². The average molecular weight is 517 g/mol. The third kappa shape index (κ3) is 4.55. The van der Waals surface area contributed by atoms with Gasteiger partial charge in [0.05, 0.1) is 16.9 Å². The lowest BCUT2D eigenvalue weighted by Gasteiger charge is -2.40. The van der Waals surface area contributed by atoms with Crippen LogP contribution in [0.15, 0.2) is 59.7 Å². The van der Waals surface area contributed by atoms with E-state index in [1.54, 1.807) is 6.08 Å². The highest BCUT2D eigenvalue weighted by Gasteiger charge is 2.50. The molecule has 2 aromatic carbocycles. The molecule has 10 heteroatoms. The maximum atomic E-state index is 14.9. The number of rotatable bonds is 6. The van der Waals surface area contributed by atoms with E-state index in [1.807, 2.05) is 0 Å². The van der Waals surface area contributed by atoms with Crippen LogP contribution in [-0.2, 0) is 29.2 Å². The van der Waals surface area contributed by atoms with E-state index >= 15 is 0 Å². The zero-order chi connectivity index (χ0) is 23.9. The Morgan fingerprint density at radius 2 is 1.67 bits per heavy atom. The zero-order valence-corrected chi connectivity index (χ0v) is 20.0. The van der Waals surface area contributed by atoms with Crippen molar-refractivity contribution in [3.8, 4) is 0 Å². The number of halogens is 3. The van der Waals surface area contributed by atoms with Gasteiger partial charge in [-0.15, -0.1) is 0 Å². The molecule has 2 aromatic rings. The lowest BCUT2D eigenvalue weighted by Crippen LogP contribution is -2.42. The van der Waals surface area contributed by atoms with Gasteiger partial charge < -0.3 is 4.74 Å². The van der Waals surface area contributed by atoms with Gasteiger partial charge in [0, 0.05) is 17.0 Å². The molecule has 1 aliphatic heterocycles. The van der Waals surface area contributed by atoms with Crippen LogP contribution in [0.25, 0.3) is 0 Å². The van der Waals surface area contributed by atoms with Crippen LogP contribution in [-0.4, -0.2) is 28.0 Å². The summed E-state index contributed by atoms with van der Waals surface area (Å²) in [6, 6.07) is 8.34. The summed E-state index contributed by atoms with van der Waals surface area (Å²) in [6.07, 6.45) is 3.65. The van der Waals surface area contributed by atoms with Gasteiger partial charge in [-0.2, -0.15) is 0 Å².